The smallest absolute Gasteiger partial charge is 0.338 e. The maximum Gasteiger partial charge on any atom is 0.338 e. The highest BCUT2D eigenvalue weighted by molar-refractivity contribution is 5.95. The number of amides is 2. The fraction of sp³-hybridized carbons (Fsp3) is 0.407. The van der Waals surface area contributed by atoms with Crippen LogP contribution in [0.4, 0.5) is 10.5 Å². The number of urea groups is 1. The number of nitrogens with one attached hydrogen (secondary N) is 2. The number of nitrogens with zero attached hydrogens (tertiary/aromatic N) is 2. The molecule has 1 saturated heterocycles. The second kappa shape index (κ2) is 10.9. The zero-order valence-corrected chi connectivity index (χ0v) is 21.3. The number of hydrogen-bond donors (Lipinski definition) is 3. The van der Waals surface area contributed by atoms with Crippen molar-refractivity contribution in [3.05, 3.63) is 64.4 Å². The van der Waals surface area contributed by atoms with Crippen LogP contribution < -0.4 is 20.3 Å². The molecule has 192 valence electrons. The molecular weight excluding hydrogens is 460 g/mol. The molecule has 4 rings (SSSR count). The molecule has 2 aliphatic heterocycles. The van der Waals surface area contributed by atoms with E-state index in [4.69, 9.17) is 9.47 Å². The van der Waals surface area contributed by atoms with Crippen molar-refractivity contribution in [1.82, 2.24) is 15.5 Å². The van der Waals surface area contributed by atoms with Gasteiger partial charge in [-0.3, -0.25) is 4.90 Å². The molecule has 0 aliphatic carbocycles. The number of hydrogen-bond acceptors (Lipinski definition) is 7. The minimum absolute atomic E-state index is 0.00796. The molecule has 9 heteroatoms. The predicted molar refractivity (Wildman–Crippen MR) is 137 cm³/mol. The molecule has 1 fully saturated rings. The Kier molecular flexibility index (Phi) is 7.69. The summed E-state index contributed by atoms with van der Waals surface area (Å²) in [5, 5.41) is 15.8. The Bertz CT molecular complexity index is 1170. The number of piperazine rings is 1. The lowest BCUT2D eigenvalue weighted by Gasteiger charge is -2.38. The minimum atomic E-state index is -0.739. The Balaban J connectivity index is 1.57. The monoisotopic (exact) mass is 494 g/mol. The van der Waals surface area contributed by atoms with Crippen molar-refractivity contribution in [3.63, 3.8) is 0 Å². The van der Waals surface area contributed by atoms with Crippen LogP contribution in [0.2, 0.25) is 0 Å². The molecule has 0 unspecified atom stereocenters. The summed E-state index contributed by atoms with van der Waals surface area (Å²) in [4.78, 5) is 30.1. The molecule has 0 saturated carbocycles. The number of phenols is 1. The number of phenolic OH excluding ortho intramolecular Hbond substituents is 1. The molecule has 0 spiro atoms. The number of benzene rings is 2. The number of aromatic hydroxyl groups is 1. The highest BCUT2D eigenvalue weighted by atomic mass is 16.5. The van der Waals surface area contributed by atoms with Gasteiger partial charge in [0.2, 0.25) is 0 Å². The molecule has 2 aromatic carbocycles. The van der Waals surface area contributed by atoms with E-state index in [0.717, 1.165) is 26.2 Å². The number of methoxy groups -OCH3 is 1. The summed E-state index contributed by atoms with van der Waals surface area (Å²) < 4.78 is 10.6. The van der Waals surface area contributed by atoms with Gasteiger partial charge in [-0.2, -0.15) is 0 Å². The summed E-state index contributed by atoms with van der Waals surface area (Å²) in [6, 6.07) is 10.0. The van der Waals surface area contributed by atoms with Gasteiger partial charge in [0.1, 0.15) is 0 Å². The predicted octanol–water partition coefficient (Wildman–Crippen LogP) is 3.01. The van der Waals surface area contributed by atoms with Crippen molar-refractivity contribution in [1.29, 1.82) is 0 Å². The standard InChI is InChI=1S/C27H34N4O5/c1-5-36-23-15-19(9-10-22(23)32)25-24(26(33)35-4)20(28-27(34)29-25)16-30-11-13-31(14-12-30)21-8-6-7-17(2)18(21)3/h6-10,15,25,32H,5,11-14,16H2,1-4H3,(H2,28,29,34)/t25-/m1/s1. The lowest BCUT2D eigenvalue weighted by molar-refractivity contribution is -0.136. The zero-order chi connectivity index (χ0) is 25.8. The van der Waals surface area contributed by atoms with Crippen LogP contribution in [0.25, 0.3) is 0 Å². The van der Waals surface area contributed by atoms with E-state index in [9.17, 15) is 14.7 Å². The van der Waals surface area contributed by atoms with Crippen LogP contribution >= 0.6 is 0 Å². The maximum atomic E-state index is 12.9. The van der Waals surface area contributed by atoms with Gasteiger partial charge in [-0.25, -0.2) is 9.59 Å². The third kappa shape index (κ3) is 5.26. The molecule has 2 amide bonds. The van der Waals surface area contributed by atoms with Crippen LogP contribution in [0.3, 0.4) is 0 Å². The largest absolute Gasteiger partial charge is 0.504 e. The molecule has 0 radical (unpaired) electrons. The molecule has 36 heavy (non-hydrogen) atoms. The number of rotatable bonds is 7. The van der Waals surface area contributed by atoms with E-state index in [1.165, 1.54) is 30.0 Å². The van der Waals surface area contributed by atoms with Crippen LogP contribution in [0, 0.1) is 13.8 Å². The topological polar surface area (TPSA) is 103 Å². The Morgan fingerprint density at radius 3 is 2.58 bits per heavy atom. The van der Waals surface area contributed by atoms with Crippen molar-refractivity contribution in [2.45, 2.75) is 26.8 Å². The normalized spacial score (nSPS) is 18.5. The second-order valence-corrected chi connectivity index (χ2v) is 9.06. The first-order chi connectivity index (χ1) is 17.3. The lowest BCUT2D eigenvalue weighted by Crippen LogP contribution is -2.51. The van der Waals surface area contributed by atoms with E-state index in [0.29, 0.717) is 30.0 Å². The molecule has 9 nitrogen and oxygen atoms in total. The average molecular weight is 495 g/mol. The fourth-order valence-corrected chi connectivity index (χ4v) is 4.77. The fourth-order valence-electron chi connectivity index (χ4n) is 4.77. The SMILES string of the molecule is CCOc1cc([C@H]2NC(=O)NC(CN3CCN(c4cccc(C)c4C)CC3)=C2C(=O)OC)ccc1O. The quantitative estimate of drug-likeness (QED) is 0.509. The van der Waals surface area contributed by atoms with Crippen molar-refractivity contribution < 1.29 is 24.2 Å². The highest BCUT2D eigenvalue weighted by Crippen LogP contribution is 2.34. The average Bonchev–Trinajstić information content (AvgIpc) is 2.87. The molecule has 2 aliphatic rings. The van der Waals surface area contributed by atoms with Gasteiger partial charge < -0.3 is 30.1 Å². The van der Waals surface area contributed by atoms with Gasteiger partial charge in [-0.05, 0) is 55.7 Å². The number of carbonyl (C=O) groups excluding carboxylic acids is 2. The van der Waals surface area contributed by atoms with E-state index in [1.54, 1.807) is 12.1 Å². The van der Waals surface area contributed by atoms with Crippen LogP contribution in [-0.2, 0) is 9.53 Å². The van der Waals surface area contributed by atoms with Gasteiger partial charge >= 0.3 is 12.0 Å². The van der Waals surface area contributed by atoms with Gasteiger partial charge in [0.05, 0.1) is 25.3 Å². The second-order valence-electron chi connectivity index (χ2n) is 9.06. The maximum absolute atomic E-state index is 12.9. The van der Waals surface area contributed by atoms with Gasteiger partial charge in [-0.15, -0.1) is 0 Å². The van der Waals surface area contributed by atoms with Crippen LogP contribution in [0.15, 0.2) is 47.7 Å². The first kappa shape index (κ1) is 25.4. The van der Waals surface area contributed by atoms with Crippen molar-refractivity contribution in [3.8, 4) is 11.5 Å². The number of aryl methyl sites for hydroxylation is 1. The Hall–Kier alpha value is -3.72. The van der Waals surface area contributed by atoms with Crippen molar-refractivity contribution in [2.75, 3.05) is 51.3 Å². The van der Waals surface area contributed by atoms with Gasteiger partial charge in [0.15, 0.2) is 11.5 Å². The van der Waals surface area contributed by atoms with Gasteiger partial charge in [-0.1, -0.05) is 18.2 Å². The Morgan fingerprint density at radius 1 is 1.14 bits per heavy atom. The van der Waals surface area contributed by atoms with Gasteiger partial charge in [0, 0.05) is 44.1 Å². The number of ether oxygens (including phenoxy) is 2. The molecule has 2 aromatic rings. The molecule has 2 heterocycles. The summed E-state index contributed by atoms with van der Waals surface area (Å²) in [6.07, 6.45) is 0. The summed E-state index contributed by atoms with van der Waals surface area (Å²) in [5.74, 6) is -0.245. The first-order valence-electron chi connectivity index (χ1n) is 12.2. The summed E-state index contributed by atoms with van der Waals surface area (Å²) in [7, 11) is 1.33. The van der Waals surface area contributed by atoms with E-state index in [-0.39, 0.29) is 11.5 Å². The van der Waals surface area contributed by atoms with Gasteiger partial charge in [0.25, 0.3) is 0 Å². The van der Waals surface area contributed by atoms with E-state index in [1.807, 2.05) is 6.92 Å². The number of esters is 1. The highest BCUT2D eigenvalue weighted by Gasteiger charge is 2.35. The lowest BCUT2D eigenvalue weighted by atomic mass is 9.94. The summed E-state index contributed by atoms with van der Waals surface area (Å²) in [6.45, 7) is 10.1. The minimum Gasteiger partial charge on any atom is -0.504 e. The number of carbonyl (C=O) groups is 2. The molecule has 0 aromatic heterocycles. The summed E-state index contributed by atoms with van der Waals surface area (Å²) in [5.41, 5.74) is 5.27. The molecule has 0 bridgehead atoms. The molecular formula is C27H34N4O5. The third-order valence-electron chi connectivity index (χ3n) is 6.85. The van der Waals surface area contributed by atoms with Crippen LogP contribution in [0.1, 0.15) is 29.7 Å². The molecule has 1 atom stereocenters. The van der Waals surface area contributed by atoms with Crippen LogP contribution in [0.5, 0.6) is 11.5 Å². The zero-order valence-electron chi connectivity index (χ0n) is 21.3. The van der Waals surface area contributed by atoms with E-state index < -0.39 is 18.0 Å². The first-order valence-corrected chi connectivity index (χ1v) is 12.2. The van der Waals surface area contributed by atoms with Crippen LogP contribution in [-0.4, -0.2) is 68.4 Å². The molecule has 3 N–H and O–H groups in total. The number of anilines is 1. The van der Waals surface area contributed by atoms with E-state index >= 15 is 0 Å². The third-order valence-corrected chi connectivity index (χ3v) is 6.85. The Labute approximate surface area is 211 Å². The van der Waals surface area contributed by atoms with Crippen molar-refractivity contribution in [2.24, 2.45) is 0 Å². The Morgan fingerprint density at radius 2 is 1.89 bits per heavy atom. The summed E-state index contributed by atoms with van der Waals surface area (Å²) >= 11 is 0. The van der Waals surface area contributed by atoms with E-state index in [2.05, 4.69) is 52.5 Å². The van der Waals surface area contributed by atoms with Crippen molar-refractivity contribution >= 4 is 17.7 Å².